The first-order chi connectivity index (χ1) is 16.2. The van der Waals surface area contributed by atoms with Gasteiger partial charge in [0.05, 0.1) is 5.69 Å². The number of allylic oxidation sites excluding steroid dienone is 1. The van der Waals surface area contributed by atoms with Gasteiger partial charge < -0.3 is 10.0 Å². The topological polar surface area (TPSA) is 89.3 Å². The molecule has 0 radical (unpaired) electrons. The van der Waals surface area contributed by atoms with Gasteiger partial charge in [-0.2, -0.15) is 5.10 Å². The molecule has 0 fully saturated rings. The normalized spacial score (nSPS) is 12.0. The molecule has 34 heavy (non-hydrogen) atoms. The van der Waals surface area contributed by atoms with E-state index in [1.165, 1.54) is 23.0 Å². The molecule has 8 nitrogen and oxygen atoms in total. The fraction of sp³-hybridized carbons (Fsp3) is 0.360. The first-order valence-corrected chi connectivity index (χ1v) is 11.0. The molecule has 9 heteroatoms. The number of aliphatic hydroxyl groups is 1. The van der Waals surface area contributed by atoms with E-state index in [4.69, 9.17) is 0 Å². The van der Waals surface area contributed by atoms with Crippen molar-refractivity contribution in [1.29, 1.82) is 0 Å². The zero-order chi connectivity index (χ0) is 25.4. The number of aryl methyl sites for hydroxylation is 1. The van der Waals surface area contributed by atoms with E-state index < -0.39 is 12.4 Å². The largest absolute Gasteiger partial charge is 0.388 e. The Hall–Kier alpha value is -3.59. The molecule has 0 aliphatic carbocycles. The molecule has 1 aromatic heterocycles. The van der Waals surface area contributed by atoms with Gasteiger partial charge in [-0.15, -0.1) is 0 Å². The highest BCUT2D eigenvalue weighted by atomic mass is 19.1. The van der Waals surface area contributed by atoms with Crippen LogP contribution in [-0.4, -0.2) is 60.8 Å². The molecule has 182 valence electrons. The predicted octanol–water partition coefficient (Wildman–Crippen LogP) is 3.70. The van der Waals surface area contributed by atoms with Crippen LogP contribution in [0.4, 0.5) is 15.9 Å². The number of benzene rings is 1. The molecule has 0 aliphatic heterocycles. The molecule has 0 bridgehead atoms. The number of carbonyl (C=O) groups is 2. The van der Waals surface area contributed by atoms with Crippen molar-refractivity contribution in [3.05, 3.63) is 59.2 Å². The predicted molar refractivity (Wildman–Crippen MR) is 133 cm³/mol. The average Bonchev–Trinajstić information content (AvgIpc) is 2.82. The molecule has 1 aromatic carbocycles. The van der Waals surface area contributed by atoms with E-state index in [0.717, 1.165) is 17.0 Å². The van der Waals surface area contributed by atoms with Gasteiger partial charge in [-0.3, -0.25) is 19.5 Å². The van der Waals surface area contributed by atoms with Crippen LogP contribution in [0.15, 0.2) is 41.8 Å². The quantitative estimate of drug-likeness (QED) is 0.247. The summed E-state index contributed by atoms with van der Waals surface area (Å²) in [4.78, 5) is 30.6. The second kappa shape index (κ2) is 12.0. The van der Waals surface area contributed by atoms with Crippen LogP contribution in [0.5, 0.6) is 0 Å². The number of hydrogen-bond donors (Lipinski definition) is 1. The first kappa shape index (κ1) is 26.7. The molecule has 1 N–H and O–H groups in total. The van der Waals surface area contributed by atoms with Gasteiger partial charge in [0.15, 0.2) is 12.1 Å². The molecule has 0 unspecified atom stereocenters. The Balaban J connectivity index is 2.63. The van der Waals surface area contributed by atoms with Crippen molar-refractivity contribution in [2.45, 2.75) is 27.7 Å². The summed E-state index contributed by atoms with van der Waals surface area (Å²) >= 11 is 0. The van der Waals surface area contributed by atoms with Gasteiger partial charge in [-0.1, -0.05) is 19.9 Å². The molecule has 1 amide bonds. The van der Waals surface area contributed by atoms with Gasteiger partial charge in [0, 0.05) is 38.6 Å². The third kappa shape index (κ3) is 6.05. The number of amides is 1. The summed E-state index contributed by atoms with van der Waals surface area (Å²) in [5.74, 6) is 0.181. The first-order valence-electron chi connectivity index (χ1n) is 11.0. The monoisotopic (exact) mass is 469 g/mol. The van der Waals surface area contributed by atoms with Crippen LogP contribution in [0.1, 0.15) is 42.3 Å². The lowest BCUT2D eigenvalue weighted by Gasteiger charge is -2.24. The number of amidine groups is 1. The van der Waals surface area contributed by atoms with E-state index in [-0.39, 0.29) is 23.0 Å². The van der Waals surface area contributed by atoms with E-state index in [9.17, 15) is 19.1 Å². The molecule has 0 saturated carbocycles. The number of likely N-dealkylation sites (N-methyl/N-ethyl adjacent to an activating group) is 1. The van der Waals surface area contributed by atoms with Gasteiger partial charge in [-0.05, 0) is 54.7 Å². The highest BCUT2D eigenvalue weighted by Gasteiger charge is 2.19. The third-order valence-electron chi connectivity index (χ3n) is 5.38. The molecule has 0 saturated heterocycles. The van der Waals surface area contributed by atoms with Crippen molar-refractivity contribution in [2.24, 2.45) is 11.0 Å². The van der Waals surface area contributed by atoms with Crippen molar-refractivity contribution < 1.29 is 19.1 Å². The Morgan fingerprint density at radius 1 is 1.26 bits per heavy atom. The molecule has 1 heterocycles. The summed E-state index contributed by atoms with van der Waals surface area (Å²) in [5, 5.41) is 15.1. The summed E-state index contributed by atoms with van der Waals surface area (Å²) in [6.07, 6.45) is 4.77. The molecular weight excluding hydrogens is 437 g/mol. The van der Waals surface area contributed by atoms with Crippen molar-refractivity contribution in [3.8, 4) is 0 Å². The van der Waals surface area contributed by atoms with Gasteiger partial charge in [-0.25, -0.2) is 9.37 Å². The minimum atomic E-state index is -0.652. The van der Waals surface area contributed by atoms with Crippen molar-refractivity contribution in [3.63, 3.8) is 0 Å². The van der Waals surface area contributed by atoms with Crippen molar-refractivity contribution in [1.82, 2.24) is 9.88 Å². The average molecular weight is 470 g/mol. The molecule has 2 aromatic rings. The van der Waals surface area contributed by atoms with Gasteiger partial charge in [0.25, 0.3) is 0 Å². The molecule has 2 rings (SSSR count). The number of hydrogen-bond acceptors (Lipinski definition) is 7. The number of anilines is 2. The number of carbonyl (C=O) groups excluding carboxylic acids is 2. The van der Waals surface area contributed by atoms with Gasteiger partial charge in [0.1, 0.15) is 18.2 Å². The van der Waals surface area contributed by atoms with E-state index in [1.54, 1.807) is 19.2 Å². The second-order valence-corrected chi connectivity index (χ2v) is 8.09. The number of nitrogens with zero attached hydrogens (tertiary/aromatic N) is 5. The lowest BCUT2D eigenvalue weighted by atomic mass is 9.91. The van der Waals surface area contributed by atoms with Crippen LogP contribution in [0.3, 0.4) is 0 Å². The minimum Gasteiger partial charge on any atom is -0.388 e. The molecular formula is C25H32FN5O3. The molecule has 0 spiro atoms. The number of aromatic nitrogens is 1. The fourth-order valence-corrected chi connectivity index (χ4v) is 3.54. The van der Waals surface area contributed by atoms with E-state index in [1.807, 2.05) is 51.1 Å². The Labute approximate surface area is 200 Å². The zero-order valence-electron chi connectivity index (χ0n) is 20.5. The van der Waals surface area contributed by atoms with Crippen LogP contribution >= 0.6 is 0 Å². The van der Waals surface area contributed by atoms with Gasteiger partial charge in [0.2, 0.25) is 6.41 Å². The maximum Gasteiger partial charge on any atom is 0.215 e. The number of pyridine rings is 1. The lowest BCUT2D eigenvalue weighted by Crippen LogP contribution is -2.34. The third-order valence-corrected chi connectivity index (χ3v) is 5.38. The summed E-state index contributed by atoms with van der Waals surface area (Å²) in [5.41, 5.74) is 2.64. The van der Waals surface area contributed by atoms with Crippen molar-refractivity contribution >= 4 is 35.6 Å². The van der Waals surface area contributed by atoms with Gasteiger partial charge >= 0.3 is 0 Å². The second-order valence-electron chi connectivity index (χ2n) is 8.09. The number of rotatable bonds is 10. The Bertz CT molecular complexity index is 1080. The lowest BCUT2D eigenvalue weighted by molar-refractivity contribution is -0.114. The number of halogens is 1. The zero-order valence-corrected chi connectivity index (χ0v) is 20.5. The number of aldehydes is 1. The fourth-order valence-electron chi connectivity index (χ4n) is 3.54. The summed E-state index contributed by atoms with van der Waals surface area (Å²) < 4.78 is 15.0. The summed E-state index contributed by atoms with van der Waals surface area (Å²) in [6, 6.07) is 6.54. The summed E-state index contributed by atoms with van der Waals surface area (Å²) in [6.45, 7) is 7.46. The van der Waals surface area contributed by atoms with Crippen molar-refractivity contribution in [2.75, 3.05) is 37.2 Å². The summed E-state index contributed by atoms with van der Waals surface area (Å²) in [7, 11) is 3.38. The van der Waals surface area contributed by atoms with Crippen LogP contribution in [0.2, 0.25) is 0 Å². The maximum absolute atomic E-state index is 15.0. The smallest absolute Gasteiger partial charge is 0.215 e. The number of hydrazone groups is 1. The molecule has 0 atom stereocenters. The van der Waals surface area contributed by atoms with Crippen LogP contribution < -0.4 is 9.91 Å². The highest BCUT2D eigenvalue weighted by molar-refractivity contribution is 5.92. The van der Waals surface area contributed by atoms with Crippen LogP contribution in [-0.2, 0) is 4.79 Å². The standard InChI is InChI=1S/C25H32FN5O3/c1-7-31(16-34)24(15-33)28-30(6)23-12-20(19(14-32)11-22(23)26)21(17(2)3)13-29(5)25-18(4)9-8-10-27-25/h8-14,16-17,33H,7,15H2,1-6H3/b21-13-,28-24-. The minimum absolute atomic E-state index is 0.00376. The Morgan fingerprint density at radius 3 is 2.50 bits per heavy atom. The molecule has 0 aliphatic rings. The van der Waals surface area contributed by atoms with Crippen LogP contribution in [0, 0.1) is 18.7 Å². The SMILES string of the molecule is CCN(C=O)/C(CO)=N\N(C)c1cc(/C(=C\N(C)c2ncccc2C)C(C)C)c(C=O)cc1F. The Morgan fingerprint density at radius 2 is 1.97 bits per heavy atom. The van der Waals surface area contributed by atoms with Crippen LogP contribution in [0.25, 0.3) is 5.57 Å². The highest BCUT2D eigenvalue weighted by Crippen LogP contribution is 2.32. The van der Waals surface area contributed by atoms with E-state index in [0.29, 0.717) is 24.8 Å². The van der Waals surface area contributed by atoms with E-state index in [2.05, 4.69) is 10.1 Å². The van der Waals surface area contributed by atoms with E-state index >= 15 is 0 Å². The number of aliphatic hydroxyl groups excluding tert-OH is 1. The maximum atomic E-state index is 15.0. The Kier molecular flexibility index (Phi) is 9.44.